The van der Waals surface area contributed by atoms with Crippen molar-refractivity contribution in [2.24, 2.45) is 5.92 Å². The number of carbonyl (C=O) groups is 2. The Morgan fingerprint density at radius 1 is 0.935 bits per heavy atom. The van der Waals surface area contributed by atoms with E-state index in [1.165, 1.54) is 17.3 Å². The second-order valence-electron chi connectivity index (χ2n) is 7.82. The lowest BCUT2D eigenvalue weighted by Gasteiger charge is -2.29. The lowest BCUT2D eigenvalue weighted by molar-refractivity contribution is -0.125. The fourth-order valence-corrected chi connectivity index (χ4v) is 7.18. The minimum atomic E-state index is -0.536. The average molecular weight is 448 g/mol. The molecule has 2 aromatic heterocycles. The molecule has 1 saturated heterocycles. The van der Waals surface area contributed by atoms with Gasteiger partial charge < -0.3 is 9.55 Å². The van der Waals surface area contributed by atoms with Gasteiger partial charge in [0, 0.05) is 34.4 Å². The number of imide groups is 1. The van der Waals surface area contributed by atoms with Crippen LogP contribution in [-0.4, -0.2) is 26.6 Å². The molecule has 2 aromatic carbocycles. The molecular weight excluding hydrogens is 430 g/mol. The van der Waals surface area contributed by atoms with Crippen molar-refractivity contribution in [2.45, 2.75) is 22.7 Å². The monoisotopic (exact) mass is 447 g/mol. The molecule has 8 heteroatoms. The molecule has 154 valence electrons. The predicted octanol–water partition coefficient (Wildman–Crippen LogP) is 3.32. The normalized spacial score (nSPS) is 22.4. The topological polar surface area (TPSA) is 84.0 Å². The number of nitrogens with zero attached hydrogens (tertiary/aromatic N) is 1. The number of thioether (sulfide) groups is 1. The SMILES string of the molecule is O=C1NC(=O)C2C1Sc1[nH]c(=O)sc1C2c1cn(Cc2ccccc2)c2ccccc12. The molecule has 4 heterocycles. The van der Waals surface area contributed by atoms with E-state index in [9.17, 15) is 14.4 Å². The van der Waals surface area contributed by atoms with Crippen LogP contribution in [0.25, 0.3) is 10.9 Å². The van der Waals surface area contributed by atoms with Gasteiger partial charge in [-0.1, -0.05) is 71.6 Å². The Kier molecular flexibility index (Phi) is 4.19. The number of para-hydroxylation sites is 1. The number of aromatic nitrogens is 2. The molecule has 4 aromatic rings. The number of rotatable bonds is 3. The van der Waals surface area contributed by atoms with Crippen LogP contribution in [0.4, 0.5) is 0 Å². The molecular formula is C23H17N3O3S2. The average Bonchev–Trinajstić information content (AvgIpc) is 3.41. The van der Waals surface area contributed by atoms with E-state index in [4.69, 9.17) is 0 Å². The van der Waals surface area contributed by atoms with Gasteiger partial charge >= 0.3 is 4.87 Å². The minimum Gasteiger partial charge on any atom is -0.343 e. The number of thiazole rings is 1. The summed E-state index contributed by atoms with van der Waals surface area (Å²) < 4.78 is 2.18. The van der Waals surface area contributed by atoms with Gasteiger partial charge in [0.1, 0.15) is 5.25 Å². The molecule has 3 atom stereocenters. The van der Waals surface area contributed by atoms with Crippen molar-refractivity contribution in [3.05, 3.63) is 86.5 Å². The third-order valence-corrected chi connectivity index (χ3v) is 8.43. The molecule has 3 unspecified atom stereocenters. The molecule has 2 aliphatic rings. The summed E-state index contributed by atoms with van der Waals surface area (Å²) in [5.41, 5.74) is 3.21. The summed E-state index contributed by atoms with van der Waals surface area (Å²) in [5.74, 6) is -1.43. The Labute approximate surface area is 185 Å². The lowest BCUT2D eigenvalue weighted by atomic mass is 9.83. The van der Waals surface area contributed by atoms with Crippen LogP contribution < -0.4 is 10.2 Å². The third kappa shape index (κ3) is 2.90. The van der Waals surface area contributed by atoms with E-state index in [0.717, 1.165) is 32.7 Å². The number of hydrogen-bond acceptors (Lipinski definition) is 5. The number of amides is 2. The van der Waals surface area contributed by atoms with Crippen molar-refractivity contribution >= 4 is 45.8 Å². The van der Waals surface area contributed by atoms with E-state index in [2.05, 4.69) is 39.3 Å². The summed E-state index contributed by atoms with van der Waals surface area (Å²) >= 11 is 2.42. The van der Waals surface area contributed by atoms with Crippen molar-refractivity contribution < 1.29 is 9.59 Å². The number of benzene rings is 2. The molecule has 6 nitrogen and oxygen atoms in total. The lowest BCUT2D eigenvalue weighted by Crippen LogP contribution is -2.31. The predicted molar refractivity (Wildman–Crippen MR) is 121 cm³/mol. The van der Waals surface area contributed by atoms with Gasteiger partial charge in [-0.05, 0) is 17.2 Å². The maximum absolute atomic E-state index is 12.8. The summed E-state index contributed by atoms with van der Waals surface area (Å²) in [5, 5.41) is 3.70. The van der Waals surface area contributed by atoms with Gasteiger partial charge in [-0.15, -0.1) is 0 Å². The quantitative estimate of drug-likeness (QED) is 0.472. The molecule has 31 heavy (non-hydrogen) atoms. The van der Waals surface area contributed by atoms with Gasteiger partial charge in [0.2, 0.25) is 11.8 Å². The Balaban J connectivity index is 1.56. The number of H-pyrrole nitrogens is 1. The largest absolute Gasteiger partial charge is 0.343 e. The van der Waals surface area contributed by atoms with Gasteiger partial charge in [0.25, 0.3) is 0 Å². The van der Waals surface area contributed by atoms with Crippen LogP contribution in [0.5, 0.6) is 0 Å². The molecule has 0 bridgehead atoms. The van der Waals surface area contributed by atoms with E-state index in [0.29, 0.717) is 11.6 Å². The van der Waals surface area contributed by atoms with Crippen LogP contribution >= 0.6 is 23.1 Å². The summed E-state index contributed by atoms with van der Waals surface area (Å²) in [6.45, 7) is 0.693. The Morgan fingerprint density at radius 3 is 2.55 bits per heavy atom. The molecule has 0 radical (unpaired) electrons. The number of hydrogen-bond donors (Lipinski definition) is 2. The zero-order valence-electron chi connectivity index (χ0n) is 16.2. The first-order valence-corrected chi connectivity index (χ1v) is 11.7. The Hall–Kier alpha value is -3.10. The third-order valence-electron chi connectivity index (χ3n) is 6.01. The highest BCUT2D eigenvalue weighted by atomic mass is 32.2. The van der Waals surface area contributed by atoms with E-state index in [1.807, 2.05) is 36.4 Å². The molecule has 0 saturated carbocycles. The van der Waals surface area contributed by atoms with Crippen molar-refractivity contribution in [3.63, 3.8) is 0 Å². The molecule has 2 aliphatic heterocycles. The molecule has 1 fully saturated rings. The Morgan fingerprint density at radius 2 is 1.71 bits per heavy atom. The van der Waals surface area contributed by atoms with Crippen molar-refractivity contribution in [1.82, 2.24) is 14.9 Å². The highest BCUT2D eigenvalue weighted by molar-refractivity contribution is 8.00. The van der Waals surface area contributed by atoms with Crippen LogP contribution in [0.15, 0.2) is 70.6 Å². The van der Waals surface area contributed by atoms with E-state index < -0.39 is 11.2 Å². The fraction of sp³-hybridized carbons (Fsp3) is 0.174. The van der Waals surface area contributed by atoms with Crippen LogP contribution in [0.3, 0.4) is 0 Å². The summed E-state index contributed by atoms with van der Waals surface area (Å²) in [6, 6.07) is 18.3. The summed E-state index contributed by atoms with van der Waals surface area (Å²) in [6.07, 6.45) is 2.08. The maximum Gasteiger partial charge on any atom is 0.305 e. The maximum atomic E-state index is 12.8. The van der Waals surface area contributed by atoms with Crippen LogP contribution in [0, 0.1) is 5.92 Å². The summed E-state index contributed by atoms with van der Waals surface area (Å²) in [4.78, 5) is 41.0. The van der Waals surface area contributed by atoms with E-state index in [1.54, 1.807) is 0 Å². The Bertz CT molecular complexity index is 1400. The first kappa shape index (κ1) is 18.7. The van der Waals surface area contributed by atoms with Crippen LogP contribution in [-0.2, 0) is 16.1 Å². The smallest absolute Gasteiger partial charge is 0.305 e. The zero-order valence-corrected chi connectivity index (χ0v) is 17.8. The molecule has 2 amide bonds. The van der Waals surface area contributed by atoms with Gasteiger partial charge in [0.15, 0.2) is 0 Å². The van der Waals surface area contributed by atoms with E-state index in [-0.39, 0.29) is 22.6 Å². The molecule has 0 aliphatic carbocycles. The zero-order chi connectivity index (χ0) is 21.1. The first-order valence-electron chi connectivity index (χ1n) is 9.96. The highest BCUT2D eigenvalue weighted by Crippen LogP contribution is 2.52. The molecule has 0 spiro atoms. The van der Waals surface area contributed by atoms with Gasteiger partial charge in [-0.2, -0.15) is 0 Å². The number of carbonyl (C=O) groups excluding carboxylic acids is 2. The standard InChI is InChI=1S/C23H17N3O3S2/c27-20-17-16(19-22(25-23(29)31-19)30-18(17)21(28)24-20)14-11-26(10-12-6-2-1-3-7-12)15-9-5-4-8-13(14)15/h1-9,11,16-18H,10H2,(H,25,29)(H,24,27,28). The molecule has 6 rings (SSSR count). The molecule has 2 N–H and O–H groups in total. The van der Waals surface area contributed by atoms with Crippen LogP contribution in [0.1, 0.15) is 21.9 Å². The fourth-order valence-electron chi connectivity index (χ4n) is 4.71. The van der Waals surface area contributed by atoms with Crippen molar-refractivity contribution in [1.29, 1.82) is 0 Å². The summed E-state index contributed by atoms with van der Waals surface area (Å²) in [7, 11) is 0. The highest BCUT2D eigenvalue weighted by Gasteiger charge is 2.52. The van der Waals surface area contributed by atoms with Crippen molar-refractivity contribution in [3.8, 4) is 0 Å². The number of nitrogens with one attached hydrogen (secondary N) is 2. The van der Waals surface area contributed by atoms with Crippen molar-refractivity contribution in [2.75, 3.05) is 0 Å². The minimum absolute atomic E-state index is 0.164. The number of fused-ring (bicyclic) bond motifs is 3. The number of aromatic amines is 1. The second kappa shape index (κ2) is 6.96. The second-order valence-corrected chi connectivity index (χ2v) is 9.98. The van der Waals surface area contributed by atoms with Crippen LogP contribution in [0.2, 0.25) is 0 Å². The van der Waals surface area contributed by atoms with Gasteiger partial charge in [-0.3, -0.25) is 19.7 Å². The van der Waals surface area contributed by atoms with E-state index >= 15 is 0 Å². The first-order chi connectivity index (χ1) is 15.1. The van der Waals surface area contributed by atoms with Gasteiger partial charge in [-0.25, -0.2) is 0 Å². The van der Waals surface area contributed by atoms with Gasteiger partial charge in [0.05, 0.1) is 10.9 Å².